The second-order valence-corrected chi connectivity index (χ2v) is 4.41. The Bertz CT molecular complexity index is 305. The van der Waals surface area contributed by atoms with Crippen LogP contribution < -0.4 is 5.32 Å². The van der Waals surface area contributed by atoms with Gasteiger partial charge in [0.15, 0.2) is 0 Å². The first-order valence-corrected chi connectivity index (χ1v) is 6.23. The van der Waals surface area contributed by atoms with Crippen LogP contribution in [0.25, 0.3) is 0 Å². The number of anilines is 1. The Morgan fingerprint density at radius 2 is 2.56 bits per heavy atom. The van der Waals surface area contributed by atoms with Gasteiger partial charge < -0.3 is 14.6 Å². The fourth-order valence-corrected chi connectivity index (χ4v) is 1.97. The Kier molecular flexibility index (Phi) is 4.22. The van der Waals surface area contributed by atoms with Crippen molar-refractivity contribution >= 4 is 5.95 Å². The summed E-state index contributed by atoms with van der Waals surface area (Å²) in [6, 6.07) is 0. The zero-order chi connectivity index (χ0) is 11.2. The summed E-state index contributed by atoms with van der Waals surface area (Å²) >= 11 is 0. The third-order valence-corrected chi connectivity index (χ3v) is 3.04. The van der Waals surface area contributed by atoms with Gasteiger partial charge in [0.25, 0.3) is 0 Å². The number of nitrogens with one attached hydrogen (secondary N) is 1. The van der Waals surface area contributed by atoms with E-state index in [2.05, 4.69) is 21.8 Å². The summed E-state index contributed by atoms with van der Waals surface area (Å²) in [5.41, 5.74) is 0. The first-order chi connectivity index (χ1) is 7.90. The Hall–Kier alpha value is -1.03. The molecule has 90 valence electrons. The van der Waals surface area contributed by atoms with Gasteiger partial charge in [-0.3, -0.25) is 0 Å². The lowest BCUT2D eigenvalue weighted by Crippen LogP contribution is -2.17. The first kappa shape index (κ1) is 11.5. The van der Waals surface area contributed by atoms with Crippen LogP contribution in [0.2, 0.25) is 0 Å². The van der Waals surface area contributed by atoms with Gasteiger partial charge in [0, 0.05) is 38.0 Å². The molecule has 0 bridgehead atoms. The van der Waals surface area contributed by atoms with Gasteiger partial charge in [0.2, 0.25) is 5.95 Å². The van der Waals surface area contributed by atoms with Crippen molar-refractivity contribution in [3.63, 3.8) is 0 Å². The van der Waals surface area contributed by atoms with E-state index in [-0.39, 0.29) is 0 Å². The van der Waals surface area contributed by atoms with Crippen LogP contribution in [-0.4, -0.2) is 29.3 Å². The summed E-state index contributed by atoms with van der Waals surface area (Å²) < 4.78 is 7.55. The molecule has 4 heteroatoms. The molecule has 1 aromatic heterocycles. The fourth-order valence-electron chi connectivity index (χ4n) is 1.97. The van der Waals surface area contributed by atoms with Crippen LogP contribution in [-0.2, 0) is 11.3 Å². The zero-order valence-electron chi connectivity index (χ0n) is 9.98. The van der Waals surface area contributed by atoms with Gasteiger partial charge in [-0.05, 0) is 12.8 Å². The molecular weight excluding hydrogens is 202 g/mol. The lowest BCUT2D eigenvalue weighted by atomic mass is 10.1. The molecule has 0 radical (unpaired) electrons. The lowest BCUT2D eigenvalue weighted by molar-refractivity contribution is 0.187. The van der Waals surface area contributed by atoms with Gasteiger partial charge in [0.05, 0.1) is 6.61 Å². The number of aryl methyl sites for hydroxylation is 1. The van der Waals surface area contributed by atoms with Gasteiger partial charge >= 0.3 is 0 Å². The van der Waals surface area contributed by atoms with Crippen molar-refractivity contribution in [3.05, 3.63) is 12.4 Å². The molecule has 1 aromatic rings. The summed E-state index contributed by atoms with van der Waals surface area (Å²) in [5.74, 6) is 1.65. The van der Waals surface area contributed by atoms with E-state index in [1.165, 1.54) is 19.3 Å². The van der Waals surface area contributed by atoms with E-state index in [0.717, 1.165) is 32.3 Å². The van der Waals surface area contributed by atoms with Crippen molar-refractivity contribution in [1.29, 1.82) is 0 Å². The standard InChI is InChI=1S/C12H21N3O/c1-2-3-6-15-7-5-13-12(15)14-9-11-4-8-16-10-11/h5,7,11H,2-4,6,8-10H2,1H3,(H,13,14). The minimum atomic E-state index is 0.649. The van der Waals surface area contributed by atoms with Crippen molar-refractivity contribution in [3.8, 4) is 0 Å². The molecule has 1 saturated heterocycles. The number of nitrogens with zero attached hydrogens (tertiary/aromatic N) is 2. The molecule has 1 aliphatic heterocycles. The Morgan fingerprint density at radius 1 is 1.62 bits per heavy atom. The van der Waals surface area contributed by atoms with E-state index in [1.54, 1.807) is 0 Å². The molecular formula is C12H21N3O. The first-order valence-electron chi connectivity index (χ1n) is 6.23. The third-order valence-electron chi connectivity index (χ3n) is 3.04. The van der Waals surface area contributed by atoms with Crippen LogP contribution in [0.5, 0.6) is 0 Å². The van der Waals surface area contributed by atoms with Gasteiger partial charge in [-0.25, -0.2) is 4.98 Å². The van der Waals surface area contributed by atoms with Crippen molar-refractivity contribution in [2.75, 3.05) is 25.1 Å². The molecule has 1 unspecified atom stereocenters. The van der Waals surface area contributed by atoms with Crippen LogP contribution in [0.4, 0.5) is 5.95 Å². The minimum absolute atomic E-state index is 0.649. The van der Waals surface area contributed by atoms with Crippen LogP contribution in [0.15, 0.2) is 12.4 Å². The second-order valence-electron chi connectivity index (χ2n) is 4.41. The average Bonchev–Trinajstić information content (AvgIpc) is 2.94. The van der Waals surface area contributed by atoms with Crippen molar-refractivity contribution < 1.29 is 4.74 Å². The van der Waals surface area contributed by atoms with E-state index in [9.17, 15) is 0 Å². The van der Waals surface area contributed by atoms with Gasteiger partial charge in [-0.2, -0.15) is 0 Å². The molecule has 1 N–H and O–H groups in total. The highest BCUT2D eigenvalue weighted by Crippen LogP contribution is 2.13. The monoisotopic (exact) mass is 223 g/mol. The number of rotatable bonds is 6. The summed E-state index contributed by atoms with van der Waals surface area (Å²) in [6.07, 6.45) is 7.50. The molecule has 1 atom stereocenters. The number of unbranched alkanes of at least 4 members (excludes halogenated alkanes) is 1. The van der Waals surface area contributed by atoms with Gasteiger partial charge in [-0.15, -0.1) is 0 Å². The maximum Gasteiger partial charge on any atom is 0.202 e. The Morgan fingerprint density at radius 3 is 3.31 bits per heavy atom. The predicted octanol–water partition coefficient (Wildman–Crippen LogP) is 2.13. The highest BCUT2D eigenvalue weighted by Gasteiger charge is 2.15. The smallest absolute Gasteiger partial charge is 0.202 e. The normalized spacial score (nSPS) is 20.2. The summed E-state index contributed by atoms with van der Waals surface area (Å²) in [6.45, 7) is 6.04. The van der Waals surface area contributed by atoms with E-state index < -0.39 is 0 Å². The molecule has 4 nitrogen and oxygen atoms in total. The number of ether oxygens (including phenoxy) is 1. The number of hydrogen-bond donors (Lipinski definition) is 1. The molecule has 0 spiro atoms. The summed E-state index contributed by atoms with van der Waals surface area (Å²) in [4.78, 5) is 4.34. The molecule has 0 aliphatic carbocycles. The highest BCUT2D eigenvalue weighted by molar-refractivity contribution is 5.25. The predicted molar refractivity (Wildman–Crippen MR) is 64.6 cm³/mol. The largest absolute Gasteiger partial charge is 0.381 e. The van der Waals surface area contributed by atoms with Crippen LogP contribution in [0.3, 0.4) is 0 Å². The Balaban J connectivity index is 1.80. The van der Waals surface area contributed by atoms with Crippen LogP contribution in [0.1, 0.15) is 26.2 Å². The lowest BCUT2D eigenvalue weighted by Gasteiger charge is -2.12. The van der Waals surface area contributed by atoms with E-state index in [4.69, 9.17) is 4.74 Å². The topological polar surface area (TPSA) is 39.1 Å². The van der Waals surface area contributed by atoms with Crippen molar-refractivity contribution in [2.24, 2.45) is 5.92 Å². The molecule has 2 rings (SSSR count). The number of aromatic nitrogens is 2. The Labute approximate surface area is 97.0 Å². The van der Waals surface area contributed by atoms with Crippen LogP contribution in [0, 0.1) is 5.92 Å². The second kappa shape index (κ2) is 5.89. The SMILES string of the molecule is CCCCn1ccnc1NCC1CCOC1. The molecule has 1 aliphatic rings. The quantitative estimate of drug-likeness (QED) is 0.803. The maximum atomic E-state index is 5.35. The van der Waals surface area contributed by atoms with Crippen molar-refractivity contribution in [1.82, 2.24) is 9.55 Å². The molecule has 0 aromatic carbocycles. The molecule has 16 heavy (non-hydrogen) atoms. The van der Waals surface area contributed by atoms with Gasteiger partial charge in [0.1, 0.15) is 0 Å². The van der Waals surface area contributed by atoms with Gasteiger partial charge in [-0.1, -0.05) is 13.3 Å². The van der Waals surface area contributed by atoms with E-state index in [0.29, 0.717) is 5.92 Å². The summed E-state index contributed by atoms with van der Waals surface area (Å²) in [7, 11) is 0. The number of imidazole rings is 1. The van der Waals surface area contributed by atoms with Crippen molar-refractivity contribution in [2.45, 2.75) is 32.7 Å². The molecule has 1 fully saturated rings. The number of hydrogen-bond acceptors (Lipinski definition) is 3. The van der Waals surface area contributed by atoms with Crippen LogP contribution >= 0.6 is 0 Å². The average molecular weight is 223 g/mol. The summed E-state index contributed by atoms with van der Waals surface area (Å²) in [5, 5.41) is 3.42. The fraction of sp³-hybridized carbons (Fsp3) is 0.750. The third kappa shape index (κ3) is 2.98. The molecule has 0 saturated carbocycles. The molecule has 2 heterocycles. The van der Waals surface area contributed by atoms with E-state index >= 15 is 0 Å². The highest BCUT2D eigenvalue weighted by atomic mass is 16.5. The van der Waals surface area contributed by atoms with E-state index in [1.807, 2.05) is 12.4 Å². The minimum Gasteiger partial charge on any atom is -0.381 e. The molecule has 0 amide bonds. The zero-order valence-corrected chi connectivity index (χ0v) is 9.98. The maximum absolute atomic E-state index is 5.35.